The summed E-state index contributed by atoms with van der Waals surface area (Å²) in [5.41, 5.74) is 2.08. The number of aliphatic carboxylic acids is 1. The standard InChI is InChI=1S/C17H16O3/c1-20-15-10-7-13(8-11-15)9-12-16(17(18)19)14-5-3-2-4-6-14/h2-8,10-12H,9H2,1H3,(H,18,19). The number of benzene rings is 2. The van der Waals surface area contributed by atoms with Gasteiger partial charge in [-0.15, -0.1) is 0 Å². The fourth-order valence-corrected chi connectivity index (χ4v) is 1.93. The third kappa shape index (κ3) is 3.48. The van der Waals surface area contributed by atoms with Gasteiger partial charge in [0.15, 0.2) is 0 Å². The summed E-state index contributed by atoms with van der Waals surface area (Å²) in [6, 6.07) is 16.7. The normalized spacial score (nSPS) is 11.2. The first kappa shape index (κ1) is 13.9. The Labute approximate surface area is 118 Å². The Morgan fingerprint density at radius 2 is 1.75 bits per heavy atom. The highest BCUT2D eigenvalue weighted by Gasteiger charge is 2.09. The molecule has 0 saturated heterocycles. The summed E-state index contributed by atoms with van der Waals surface area (Å²) in [5.74, 6) is -0.121. The zero-order valence-electron chi connectivity index (χ0n) is 11.2. The van der Waals surface area contributed by atoms with Gasteiger partial charge in [-0.3, -0.25) is 0 Å². The number of carbonyl (C=O) groups is 1. The van der Waals surface area contributed by atoms with Crippen LogP contribution in [0.5, 0.6) is 5.75 Å². The van der Waals surface area contributed by atoms with Crippen molar-refractivity contribution >= 4 is 11.5 Å². The maximum atomic E-state index is 11.3. The Bertz CT molecular complexity index is 598. The molecule has 0 saturated carbocycles. The average Bonchev–Trinajstić information content (AvgIpc) is 2.49. The van der Waals surface area contributed by atoms with Gasteiger partial charge in [-0.05, 0) is 29.7 Å². The van der Waals surface area contributed by atoms with Crippen LogP contribution in [0, 0.1) is 0 Å². The lowest BCUT2D eigenvalue weighted by molar-refractivity contribution is -0.130. The quantitative estimate of drug-likeness (QED) is 0.845. The monoisotopic (exact) mass is 268 g/mol. The number of carboxylic acid groups (broad SMARTS) is 1. The largest absolute Gasteiger partial charge is 0.497 e. The molecule has 0 heterocycles. The topological polar surface area (TPSA) is 46.5 Å². The number of carboxylic acids is 1. The smallest absolute Gasteiger partial charge is 0.335 e. The van der Waals surface area contributed by atoms with Crippen molar-refractivity contribution in [3.05, 3.63) is 71.8 Å². The van der Waals surface area contributed by atoms with E-state index in [1.807, 2.05) is 42.5 Å². The number of rotatable bonds is 5. The van der Waals surface area contributed by atoms with E-state index in [1.165, 1.54) is 0 Å². The molecule has 2 aromatic carbocycles. The maximum absolute atomic E-state index is 11.3. The van der Waals surface area contributed by atoms with Crippen molar-refractivity contribution in [3.63, 3.8) is 0 Å². The van der Waals surface area contributed by atoms with Gasteiger partial charge in [-0.1, -0.05) is 48.5 Å². The summed E-state index contributed by atoms with van der Waals surface area (Å²) in [6.07, 6.45) is 2.31. The maximum Gasteiger partial charge on any atom is 0.335 e. The molecule has 20 heavy (non-hydrogen) atoms. The summed E-state index contributed by atoms with van der Waals surface area (Å²) in [4.78, 5) is 11.3. The summed E-state index contributed by atoms with van der Waals surface area (Å²) >= 11 is 0. The van der Waals surface area contributed by atoms with Gasteiger partial charge in [0.25, 0.3) is 0 Å². The van der Waals surface area contributed by atoms with Gasteiger partial charge in [-0.2, -0.15) is 0 Å². The first-order chi connectivity index (χ1) is 9.70. The van der Waals surface area contributed by atoms with Gasteiger partial charge in [0.1, 0.15) is 5.75 Å². The number of methoxy groups -OCH3 is 1. The lowest BCUT2D eigenvalue weighted by atomic mass is 10.0. The third-order valence-electron chi connectivity index (χ3n) is 3.02. The molecule has 0 atom stereocenters. The van der Waals surface area contributed by atoms with Crippen LogP contribution in [-0.4, -0.2) is 18.2 Å². The molecule has 0 aliphatic rings. The van der Waals surface area contributed by atoms with Crippen LogP contribution in [0.15, 0.2) is 60.7 Å². The van der Waals surface area contributed by atoms with Crippen molar-refractivity contribution in [3.8, 4) is 5.75 Å². The molecule has 0 unspecified atom stereocenters. The van der Waals surface area contributed by atoms with Crippen molar-refractivity contribution in [2.24, 2.45) is 0 Å². The molecule has 3 nitrogen and oxygen atoms in total. The van der Waals surface area contributed by atoms with E-state index < -0.39 is 5.97 Å². The van der Waals surface area contributed by atoms with E-state index in [-0.39, 0.29) is 0 Å². The van der Waals surface area contributed by atoms with Gasteiger partial charge in [0.05, 0.1) is 12.7 Å². The van der Waals surface area contributed by atoms with E-state index in [9.17, 15) is 9.90 Å². The van der Waals surface area contributed by atoms with Crippen molar-refractivity contribution in [2.75, 3.05) is 7.11 Å². The highest BCUT2D eigenvalue weighted by atomic mass is 16.5. The zero-order chi connectivity index (χ0) is 14.4. The van der Waals surface area contributed by atoms with Crippen LogP contribution in [0.25, 0.3) is 5.57 Å². The van der Waals surface area contributed by atoms with E-state index in [1.54, 1.807) is 25.3 Å². The second kappa shape index (κ2) is 6.57. The lowest BCUT2D eigenvalue weighted by Gasteiger charge is -2.04. The lowest BCUT2D eigenvalue weighted by Crippen LogP contribution is -2.00. The van der Waals surface area contributed by atoms with E-state index in [4.69, 9.17) is 4.74 Å². The Morgan fingerprint density at radius 1 is 1.10 bits per heavy atom. The number of hydrogen-bond acceptors (Lipinski definition) is 2. The van der Waals surface area contributed by atoms with Crippen molar-refractivity contribution in [1.29, 1.82) is 0 Å². The molecule has 0 bridgehead atoms. The molecule has 0 aliphatic heterocycles. The van der Waals surface area contributed by atoms with Crippen molar-refractivity contribution in [2.45, 2.75) is 6.42 Å². The molecule has 0 amide bonds. The molecule has 2 aromatic rings. The molecular weight excluding hydrogens is 252 g/mol. The Balaban J connectivity index is 2.19. The van der Waals surface area contributed by atoms with Gasteiger partial charge in [-0.25, -0.2) is 4.79 Å². The molecule has 2 rings (SSSR count). The van der Waals surface area contributed by atoms with Crippen LogP contribution in [0.3, 0.4) is 0 Å². The Morgan fingerprint density at radius 3 is 2.30 bits per heavy atom. The minimum Gasteiger partial charge on any atom is -0.497 e. The SMILES string of the molecule is COc1ccc(CC=C(C(=O)O)c2ccccc2)cc1. The summed E-state index contributed by atoms with van der Waals surface area (Å²) in [5, 5.41) is 9.30. The number of allylic oxidation sites excluding steroid dienone is 1. The van der Waals surface area contributed by atoms with Crippen LogP contribution in [0.4, 0.5) is 0 Å². The molecule has 0 aromatic heterocycles. The molecular formula is C17H16O3. The Hall–Kier alpha value is -2.55. The molecule has 0 radical (unpaired) electrons. The van der Waals surface area contributed by atoms with Gasteiger partial charge < -0.3 is 9.84 Å². The van der Waals surface area contributed by atoms with Gasteiger partial charge in [0.2, 0.25) is 0 Å². The molecule has 1 N–H and O–H groups in total. The molecule has 0 spiro atoms. The highest BCUT2D eigenvalue weighted by Crippen LogP contribution is 2.17. The van der Waals surface area contributed by atoms with E-state index in [2.05, 4.69) is 0 Å². The Kier molecular flexibility index (Phi) is 4.56. The van der Waals surface area contributed by atoms with Crippen LogP contribution in [0.2, 0.25) is 0 Å². The van der Waals surface area contributed by atoms with Crippen molar-refractivity contribution in [1.82, 2.24) is 0 Å². The summed E-state index contributed by atoms with van der Waals surface area (Å²) in [6.45, 7) is 0. The third-order valence-corrected chi connectivity index (χ3v) is 3.02. The summed E-state index contributed by atoms with van der Waals surface area (Å²) < 4.78 is 5.09. The predicted octanol–water partition coefficient (Wildman–Crippen LogP) is 3.41. The van der Waals surface area contributed by atoms with Crippen LogP contribution in [-0.2, 0) is 11.2 Å². The fourth-order valence-electron chi connectivity index (χ4n) is 1.93. The van der Waals surface area contributed by atoms with Gasteiger partial charge >= 0.3 is 5.97 Å². The highest BCUT2D eigenvalue weighted by molar-refractivity contribution is 6.15. The van der Waals surface area contributed by atoms with Crippen molar-refractivity contribution < 1.29 is 14.6 Å². The first-order valence-corrected chi connectivity index (χ1v) is 6.32. The van der Waals surface area contributed by atoms with Crippen LogP contribution >= 0.6 is 0 Å². The minimum atomic E-state index is -0.912. The van der Waals surface area contributed by atoms with E-state index >= 15 is 0 Å². The molecule has 102 valence electrons. The van der Waals surface area contributed by atoms with Gasteiger partial charge in [0, 0.05) is 0 Å². The van der Waals surface area contributed by atoms with E-state index in [0.29, 0.717) is 17.6 Å². The predicted molar refractivity (Wildman–Crippen MR) is 78.8 cm³/mol. The second-order valence-corrected chi connectivity index (χ2v) is 4.34. The first-order valence-electron chi connectivity index (χ1n) is 6.32. The van der Waals surface area contributed by atoms with Crippen LogP contribution in [0.1, 0.15) is 11.1 Å². The minimum absolute atomic E-state index is 0.321. The number of ether oxygens (including phenoxy) is 1. The summed E-state index contributed by atoms with van der Waals surface area (Å²) in [7, 11) is 1.62. The van der Waals surface area contributed by atoms with Crippen LogP contribution < -0.4 is 4.74 Å². The number of hydrogen-bond donors (Lipinski definition) is 1. The zero-order valence-corrected chi connectivity index (χ0v) is 11.2. The second-order valence-electron chi connectivity index (χ2n) is 4.34. The molecule has 0 fully saturated rings. The molecule has 0 aliphatic carbocycles. The van der Waals surface area contributed by atoms with E-state index in [0.717, 1.165) is 11.3 Å². The average molecular weight is 268 g/mol. The fraction of sp³-hybridized carbons (Fsp3) is 0.118. The molecule has 3 heteroatoms.